The molecule has 0 bridgehead atoms. The molecule has 0 saturated carbocycles. The normalized spacial score (nSPS) is 12.4. The second-order valence-corrected chi connectivity index (χ2v) is 9.51. The molecule has 176 valence electrons. The number of alkyl halides is 1. The molecule has 33 heavy (non-hydrogen) atoms. The Bertz CT molecular complexity index is 1250. The molecular formula is C23H25FN2O6S. The number of sulfonamides is 1. The van der Waals surface area contributed by atoms with Crippen molar-refractivity contribution in [1.29, 1.82) is 0 Å². The van der Waals surface area contributed by atoms with Gasteiger partial charge >= 0.3 is 5.97 Å². The molecule has 0 aliphatic rings. The summed E-state index contributed by atoms with van der Waals surface area (Å²) in [7, 11) is -4.21. The van der Waals surface area contributed by atoms with Crippen molar-refractivity contribution in [2.75, 3.05) is 10.8 Å². The zero-order chi connectivity index (χ0) is 24.3. The lowest BCUT2D eigenvalue weighted by Gasteiger charge is -2.27. The minimum Gasteiger partial charge on any atom is -0.485 e. The Morgan fingerprint density at radius 3 is 2.42 bits per heavy atom. The fraction of sp³-hybridized carbons (Fsp3) is 0.304. The van der Waals surface area contributed by atoms with Crippen molar-refractivity contribution in [3.05, 3.63) is 70.7 Å². The van der Waals surface area contributed by atoms with E-state index in [0.29, 0.717) is 11.5 Å². The maximum Gasteiger partial charge on any atom is 0.337 e. The minimum atomic E-state index is -4.21. The Balaban J connectivity index is 2.01. The summed E-state index contributed by atoms with van der Waals surface area (Å²) in [4.78, 5) is 15.1. The summed E-state index contributed by atoms with van der Waals surface area (Å²) >= 11 is 0. The summed E-state index contributed by atoms with van der Waals surface area (Å²) in [5, 5.41) is 8.71. The monoisotopic (exact) mass is 476 g/mol. The van der Waals surface area contributed by atoms with E-state index in [1.54, 1.807) is 19.1 Å². The number of anilines is 1. The van der Waals surface area contributed by atoms with E-state index in [-0.39, 0.29) is 28.7 Å². The molecule has 0 spiro atoms. The van der Waals surface area contributed by atoms with Gasteiger partial charge in [0.1, 0.15) is 24.3 Å². The highest BCUT2D eigenvalue weighted by atomic mass is 32.2. The molecule has 1 aromatic carbocycles. The molecule has 1 N–H and O–H groups in total. The summed E-state index contributed by atoms with van der Waals surface area (Å²) in [6, 6.07) is 9.06. The molecule has 3 aromatic rings. The summed E-state index contributed by atoms with van der Waals surface area (Å²) in [6.07, 6.45) is -0.251. The second-order valence-electron chi connectivity index (χ2n) is 7.72. The van der Waals surface area contributed by atoms with Crippen LogP contribution in [-0.4, -0.2) is 37.2 Å². The molecule has 0 fully saturated rings. The van der Waals surface area contributed by atoms with E-state index in [1.165, 1.54) is 37.4 Å². The number of pyridine rings is 1. The Kier molecular flexibility index (Phi) is 7.06. The number of carboxylic acid groups (broad SMARTS) is 1. The van der Waals surface area contributed by atoms with E-state index < -0.39 is 28.7 Å². The molecule has 3 rings (SSSR count). The van der Waals surface area contributed by atoms with Gasteiger partial charge in [-0.25, -0.2) is 9.18 Å². The van der Waals surface area contributed by atoms with Crippen LogP contribution < -0.4 is 9.04 Å². The standard InChI is InChI=1S/C23H25FN2O6S/c1-14-9-20(26(12-16(3)24)33(29,30)22-8-5-17(4)32-22)21(10-15(14)2)31-13-19-7-6-18(11-25-19)23(27)28/h5-11,16H,12-13H2,1-4H3,(H,27,28). The minimum absolute atomic E-state index is 0.0357. The van der Waals surface area contributed by atoms with Crippen molar-refractivity contribution in [2.24, 2.45) is 0 Å². The number of furan rings is 1. The van der Waals surface area contributed by atoms with Crippen molar-refractivity contribution >= 4 is 21.7 Å². The van der Waals surface area contributed by atoms with Crippen LogP contribution in [0.4, 0.5) is 10.1 Å². The van der Waals surface area contributed by atoms with Crippen molar-refractivity contribution < 1.29 is 31.9 Å². The Hall–Kier alpha value is -3.40. The third kappa shape index (κ3) is 5.51. The van der Waals surface area contributed by atoms with Crippen molar-refractivity contribution in [1.82, 2.24) is 4.98 Å². The predicted octanol–water partition coefficient (Wildman–Crippen LogP) is 4.43. The molecule has 1 unspecified atom stereocenters. The number of hydrogen-bond donors (Lipinski definition) is 1. The highest BCUT2D eigenvalue weighted by molar-refractivity contribution is 7.92. The second kappa shape index (κ2) is 9.62. The largest absolute Gasteiger partial charge is 0.485 e. The van der Waals surface area contributed by atoms with Gasteiger partial charge in [0.2, 0.25) is 5.09 Å². The number of benzene rings is 1. The van der Waals surface area contributed by atoms with E-state index in [9.17, 15) is 17.6 Å². The predicted molar refractivity (Wildman–Crippen MR) is 120 cm³/mol. The number of ether oxygens (including phenoxy) is 1. The first-order chi connectivity index (χ1) is 15.5. The van der Waals surface area contributed by atoms with Crippen LogP contribution in [-0.2, 0) is 16.6 Å². The van der Waals surface area contributed by atoms with Gasteiger partial charge in [0, 0.05) is 6.20 Å². The lowest BCUT2D eigenvalue weighted by Crippen LogP contribution is -2.35. The van der Waals surface area contributed by atoms with E-state index in [4.69, 9.17) is 14.3 Å². The van der Waals surface area contributed by atoms with Gasteiger partial charge in [0.25, 0.3) is 10.0 Å². The highest BCUT2D eigenvalue weighted by Gasteiger charge is 2.32. The van der Waals surface area contributed by atoms with E-state index in [2.05, 4.69) is 4.98 Å². The topological polar surface area (TPSA) is 110 Å². The van der Waals surface area contributed by atoms with Crippen LogP contribution in [0.3, 0.4) is 0 Å². The average molecular weight is 477 g/mol. The van der Waals surface area contributed by atoms with E-state index >= 15 is 0 Å². The lowest BCUT2D eigenvalue weighted by molar-refractivity contribution is 0.0696. The Morgan fingerprint density at radius 1 is 1.18 bits per heavy atom. The number of aromatic nitrogens is 1. The molecule has 0 radical (unpaired) electrons. The zero-order valence-corrected chi connectivity index (χ0v) is 19.5. The number of carbonyl (C=O) groups is 1. The van der Waals surface area contributed by atoms with Crippen LogP contribution in [0.15, 0.2) is 52.1 Å². The summed E-state index contributed by atoms with van der Waals surface area (Å²) in [5.41, 5.74) is 2.29. The number of rotatable bonds is 9. The van der Waals surface area contributed by atoms with Gasteiger partial charge in [0.15, 0.2) is 0 Å². The van der Waals surface area contributed by atoms with Gasteiger partial charge in [-0.3, -0.25) is 9.29 Å². The van der Waals surface area contributed by atoms with Crippen LogP contribution in [0.1, 0.15) is 39.9 Å². The molecule has 0 aliphatic carbocycles. The van der Waals surface area contributed by atoms with Gasteiger partial charge in [0.05, 0.1) is 23.5 Å². The first-order valence-corrected chi connectivity index (χ1v) is 11.6. The number of aryl methyl sites for hydroxylation is 3. The van der Waals surface area contributed by atoms with Crippen molar-refractivity contribution in [2.45, 2.75) is 45.6 Å². The number of nitrogens with zero attached hydrogens (tertiary/aromatic N) is 2. The van der Waals surface area contributed by atoms with Gasteiger partial charge in [-0.15, -0.1) is 0 Å². The molecule has 2 aromatic heterocycles. The van der Waals surface area contributed by atoms with Gasteiger partial charge in [-0.1, -0.05) is 0 Å². The summed E-state index contributed by atoms with van der Waals surface area (Å²) in [6.45, 7) is 6.06. The van der Waals surface area contributed by atoms with Crippen molar-refractivity contribution in [3.8, 4) is 5.75 Å². The Morgan fingerprint density at radius 2 is 1.88 bits per heavy atom. The smallest absolute Gasteiger partial charge is 0.337 e. The van der Waals surface area contributed by atoms with Crippen LogP contribution in [0.2, 0.25) is 0 Å². The maximum atomic E-state index is 14.1. The van der Waals surface area contributed by atoms with E-state index in [0.717, 1.165) is 15.4 Å². The third-order valence-corrected chi connectivity index (χ3v) is 6.62. The third-order valence-electron chi connectivity index (χ3n) is 4.97. The fourth-order valence-electron chi connectivity index (χ4n) is 3.09. The number of halogens is 1. The highest BCUT2D eigenvalue weighted by Crippen LogP contribution is 2.36. The maximum absolute atomic E-state index is 14.1. The first-order valence-electron chi connectivity index (χ1n) is 10.1. The average Bonchev–Trinajstić information content (AvgIpc) is 3.20. The number of carboxylic acids is 1. The summed E-state index contributed by atoms with van der Waals surface area (Å²) in [5.74, 6) is -0.468. The lowest BCUT2D eigenvalue weighted by atomic mass is 10.1. The van der Waals surface area contributed by atoms with Gasteiger partial charge < -0.3 is 14.3 Å². The molecule has 1 atom stereocenters. The fourth-order valence-corrected chi connectivity index (χ4v) is 4.58. The SMILES string of the molecule is Cc1ccc(S(=O)(=O)N(CC(C)F)c2cc(C)c(C)cc2OCc2ccc(C(=O)O)cn2)o1. The van der Waals surface area contributed by atoms with Crippen molar-refractivity contribution in [3.63, 3.8) is 0 Å². The van der Waals surface area contributed by atoms with E-state index in [1.807, 2.05) is 13.8 Å². The van der Waals surface area contributed by atoms with Crippen LogP contribution in [0, 0.1) is 20.8 Å². The molecule has 0 saturated heterocycles. The Labute approximate surface area is 191 Å². The van der Waals surface area contributed by atoms with Gasteiger partial charge in [-0.05, 0) is 75.2 Å². The molecule has 0 amide bonds. The summed E-state index contributed by atoms with van der Waals surface area (Å²) < 4.78 is 53.0. The molecule has 2 heterocycles. The number of aromatic carboxylic acids is 1. The molecule has 0 aliphatic heterocycles. The molecule has 8 nitrogen and oxygen atoms in total. The quantitative estimate of drug-likeness (QED) is 0.486. The van der Waals surface area contributed by atoms with Crippen LogP contribution >= 0.6 is 0 Å². The van der Waals surface area contributed by atoms with Crippen LogP contribution in [0.5, 0.6) is 5.75 Å². The zero-order valence-electron chi connectivity index (χ0n) is 18.7. The van der Waals surface area contributed by atoms with Crippen LogP contribution in [0.25, 0.3) is 0 Å². The molecule has 10 heteroatoms. The molecular weight excluding hydrogens is 451 g/mol. The van der Waals surface area contributed by atoms with Gasteiger partial charge in [-0.2, -0.15) is 8.42 Å². The number of hydrogen-bond acceptors (Lipinski definition) is 6. The first kappa shape index (κ1) is 24.2.